The Hall–Kier alpha value is -7.59. The van der Waals surface area contributed by atoms with Crippen molar-refractivity contribution >= 4 is 53.5 Å². The van der Waals surface area contributed by atoms with Crippen LogP contribution in [0.15, 0.2) is 158 Å². The van der Waals surface area contributed by atoms with Crippen LogP contribution in [0.4, 0.5) is 20.1 Å². The summed E-state index contributed by atoms with van der Waals surface area (Å²) in [6.07, 6.45) is -1.22. The normalized spacial score (nSPS) is 12.6. The number of carbonyl (C=O) groups is 6. The number of hydrogen-bond donors (Lipinski definition) is 5. The maximum Gasteiger partial charge on any atom is 0.412 e. The lowest BCUT2D eigenvalue weighted by Gasteiger charge is -2.36. The van der Waals surface area contributed by atoms with Gasteiger partial charge in [0.2, 0.25) is 11.8 Å². The minimum Gasteiger partial charge on any atom is -0.460 e. The van der Waals surface area contributed by atoms with Gasteiger partial charge in [-0.3, -0.25) is 9.59 Å². The predicted octanol–water partition coefficient (Wildman–Crippen LogP) is 9.07. The molecule has 0 heterocycles. The number of ether oxygens (including phenoxy) is 4. The molecule has 374 valence electrons. The summed E-state index contributed by atoms with van der Waals surface area (Å²) in [7, 11) is 0. The topological polar surface area (TPSA) is 199 Å². The molecule has 0 spiro atoms. The average Bonchev–Trinajstić information content (AvgIpc) is 3.33. The van der Waals surface area contributed by atoms with Crippen LogP contribution >= 0.6 is 11.8 Å². The highest BCUT2D eigenvalue weighted by atomic mass is 32.2. The van der Waals surface area contributed by atoms with Crippen molar-refractivity contribution in [1.29, 1.82) is 0 Å². The molecule has 0 aliphatic heterocycles. The second-order valence-electron chi connectivity index (χ2n) is 18.3. The first-order valence-electron chi connectivity index (χ1n) is 23.1. The van der Waals surface area contributed by atoms with Crippen LogP contribution in [0.2, 0.25) is 0 Å². The van der Waals surface area contributed by atoms with Gasteiger partial charge in [-0.2, -0.15) is 0 Å². The van der Waals surface area contributed by atoms with E-state index in [0.717, 1.165) is 16.7 Å². The van der Waals surface area contributed by atoms with Crippen LogP contribution in [0, 0.1) is 0 Å². The van der Waals surface area contributed by atoms with Crippen molar-refractivity contribution in [2.24, 2.45) is 0 Å². The molecule has 71 heavy (non-hydrogen) atoms. The molecule has 3 atom stereocenters. The minimum atomic E-state index is -1.29. The molecule has 15 nitrogen and oxygen atoms in total. The van der Waals surface area contributed by atoms with Gasteiger partial charge < -0.3 is 45.5 Å². The van der Waals surface area contributed by atoms with Crippen LogP contribution in [-0.2, 0) is 39.8 Å². The van der Waals surface area contributed by atoms with Gasteiger partial charge in [0.25, 0.3) is 0 Å². The third-order valence-electron chi connectivity index (χ3n) is 10.3. The van der Waals surface area contributed by atoms with E-state index in [1.807, 2.05) is 97.1 Å². The Morgan fingerprint density at radius 1 is 0.577 bits per heavy atom. The van der Waals surface area contributed by atoms with Gasteiger partial charge in [0.15, 0.2) is 0 Å². The summed E-state index contributed by atoms with van der Waals surface area (Å²) in [6.45, 7) is 13.5. The molecule has 5 aromatic rings. The number of alkyl carbamates (subject to hydrolysis) is 2. The van der Waals surface area contributed by atoms with Crippen LogP contribution in [0.3, 0.4) is 0 Å². The molecular weight excluding hydrogens is 923 g/mol. The highest BCUT2D eigenvalue weighted by molar-refractivity contribution is 8.00. The molecule has 5 N–H and O–H groups in total. The SMILES string of the molecule is C=CCOC(=O)[C@H](Cc1ccc(OC(=O)NCC[C@H](NC(=O)OC(C)(C)C)C(=O)N[C@@H](CSC(c2ccccc2)(c2ccccc2)c2ccccc2)C(=O)Nc2ccccc2)cc1)NC(=O)OC(C)(C)C. The molecule has 16 heteroatoms. The molecule has 0 aliphatic carbocycles. The predicted molar refractivity (Wildman–Crippen MR) is 275 cm³/mol. The number of benzene rings is 5. The summed E-state index contributed by atoms with van der Waals surface area (Å²) in [5.41, 5.74) is 2.29. The summed E-state index contributed by atoms with van der Waals surface area (Å²) in [4.78, 5) is 80.4. The van der Waals surface area contributed by atoms with Crippen molar-refractivity contribution in [2.45, 2.75) is 88.5 Å². The largest absolute Gasteiger partial charge is 0.460 e. The second kappa shape index (κ2) is 25.9. The van der Waals surface area contributed by atoms with Gasteiger partial charge in [0.05, 0.1) is 4.75 Å². The van der Waals surface area contributed by atoms with Crippen LogP contribution in [0.25, 0.3) is 0 Å². The van der Waals surface area contributed by atoms with Gasteiger partial charge in [0.1, 0.15) is 41.7 Å². The van der Waals surface area contributed by atoms with Crippen molar-refractivity contribution < 1.29 is 47.7 Å². The maximum absolute atomic E-state index is 14.5. The molecule has 5 aromatic carbocycles. The fraction of sp³-hybridized carbons (Fsp3) is 0.309. The van der Waals surface area contributed by atoms with E-state index in [0.29, 0.717) is 11.3 Å². The maximum atomic E-state index is 14.5. The van der Waals surface area contributed by atoms with E-state index in [1.165, 1.54) is 30.0 Å². The number of amides is 5. The van der Waals surface area contributed by atoms with E-state index in [4.69, 9.17) is 18.9 Å². The number of nitrogens with one attached hydrogen (secondary N) is 5. The van der Waals surface area contributed by atoms with E-state index < -0.39 is 70.1 Å². The van der Waals surface area contributed by atoms with E-state index >= 15 is 0 Å². The van der Waals surface area contributed by atoms with Crippen LogP contribution in [0.1, 0.15) is 70.2 Å². The van der Waals surface area contributed by atoms with Crippen LogP contribution in [0.5, 0.6) is 5.75 Å². The van der Waals surface area contributed by atoms with E-state index in [-0.39, 0.29) is 37.5 Å². The molecule has 5 rings (SSSR count). The first kappa shape index (κ1) is 54.4. The fourth-order valence-corrected chi connectivity index (χ4v) is 8.74. The van der Waals surface area contributed by atoms with Crippen molar-refractivity contribution in [2.75, 3.05) is 24.2 Å². The summed E-state index contributed by atoms with van der Waals surface area (Å²) in [6, 6.07) is 41.4. The van der Waals surface area contributed by atoms with Gasteiger partial charge in [-0.25, -0.2) is 19.2 Å². The highest BCUT2D eigenvalue weighted by Gasteiger charge is 2.39. The first-order valence-corrected chi connectivity index (χ1v) is 24.1. The zero-order chi connectivity index (χ0) is 51.4. The third-order valence-corrected chi connectivity index (χ3v) is 11.9. The number of hydrogen-bond acceptors (Lipinski definition) is 11. The molecule has 0 saturated heterocycles. The molecular formula is C55H63N5O10S. The Bertz CT molecular complexity index is 2440. The Balaban J connectivity index is 1.33. The van der Waals surface area contributed by atoms with Gasteiger partial charge >= 0.3 is 24.2 Å². The Kier molecular flexibility index (Phi) is 19.8. The molecule has 0 aromatic heterocycles. The number of para-hydroxylation sites is 1. The van der Waals surface area contributed by atoms with Gasteiger partial charge in [-0.15, -0.1) is 11.8 Å². The summed E-state index contributed by atoms with van der Waals surface area (Å²) in [5.74, 6) is -1.66. The molecule has 0 unspecified atom stereocenters. The number of carbonyl (C=O) groups excluding carboxylic acids is 6. The van der Waals surface area contributed by atoms with E-state index in [2.05, 4.69) is 33.2 Å². The molecule has 0 fully saturated rings. The quantitative estimate of drug-likeness (QED) is 0.0203. The Labute approximate surface area is 419 Å². The number of anilines is 1. The highest BCUT2D eigenvalue weighted by Crippen LogP contribution is 2.48. The van der Waals surface area contributed by atoms with Gasteiger partial charge in [0, 0.05) is 24.4 Å². The van der Waals surface area contributed by atoms with Gasteiger partial charge in [-0.1, -0.05) is 134 Å². The number of thioether (sulfide) groups is 1. The monoisotopic (exact) mass is 985 g/mol. The lowest BCUT2D eigenvalue weighted by molar-refractivity contribution is -0.144. The third kappa shape index (κ3) is 17.4. The molecule has 0 radical (unpaired) electrons. The van der Waals surface area contributed by atoms with Crippen LogP contribution in [-0.4, -0.2) is 84.3 Å². The smallest absolute Gasteiger partial charge is 0.412 e. The van der Waals surface area contributed by atoms with Crippen molar-refractivity contribution in [3.05, 3.63) is 181 Å². The lowest BCUT2D eigenvalue weighted by atomic mass is 9.84. The minimum absolute atomic E-state index is 0.0389. The fourth-order valence-electron chi connectivity index (χ4n) is 7.18. The molecule has 5 amide bonds. The summed E-state index contributed by atoms with van der Waals surface area (Å²) < 4.78 is 20.7. The number of rotatable bonds is 21. The summed E-state index contributed by atoms with van der Waals surface area (Å²) >= 11 is 1.48. The first-order chi connectivity index (χ1) is 33.8. The summed E-state index contributed by atoms with van der Waals surface area (Å²) in [5, 5.41) is 13.6. The van der Waals surface area contributed by atoms with Crippen LogP contribution < -0.4 is 31.3 Å². The van der Waals surface area contributed by atoms with E-state index in [9.17, 15) is 28.8 Å². The standard InChI is InChI=1S/C55H63N5O10S/c1-8-35-67-49(63)45(60-52(66)70-54(5,6)7)36-38-29-31-43(32-30-38)68-50(64)56-34-33-44(59-51(65)69-53(2,3)4)47(61)58-46(48(62)57-42-27-19-12-20-28-42)37-71-55(39-21-13-9-14-22-39,40-23-15-10-16-24-40)41-25-17-11-18-26-41/h8-32,44-46H,1,33-37H2,2-7H3,(H,56,64)(H,57,62)(H,58,61)(H,59,65)(H,60,66)/t44-,45-,46-/m0/s1. The van der Waals surface area contributed by atoms with Crippen molar-refractivity contribution in [3.8, 4) is 5.75 Å². The lowest BCUT2D eigenvalue weighted by Crippen LogP contribution is -2.55. The van der Waals surface area contributed by atoms with E-state index in [1.54, 1.807) is 77.9 Å². The molecule has 0 bridgehead atoms. The molecule has 0 saturated carbocycles. The Morgan fingerprint density at radius 3 is 1.54 bits per heavy atom. The zero-order valence-electron chi connectivity index (χ0n) is 40.9. The Morgan fingerprint density at radius 2 is 1.06 bits per heavy atom. The average molecular weight is 986 g/mol. The zero-order valence-corrected chi connectivity index (χ0v) is 41.7. The van der Waals surface area contributed by atoms with Gasteiger partial charge in [-0.05, 0) is 94.5 Å². The number of esters is 1. The second-order valence-corrected chi connectivity index (χ2v) is 19.5. The van der Waals surface area contributed by atoms with Crippen molar-refractivity contribution in [1.82, 2.24) is 21.3 Å². The molecule has 0 aliphatic rings. The van der Waals surface area contributed by atoms with Crippen molar-refractivity contribution in [3.63, 3.8) is 0 Å².